The predicted octanol–water partition coefficient (Wildman–Crippen LogP) is 0.656. The van der Waals surface area contributed by atoms with E-state index in [0.29, 0.717) is 6.04 Å². The van der Waals surface area contributed by atoms with Gasteiger partial charge in [0, 0.05) is 37.3 Å². The van der Waals surface area contributed by atoms with Crippen molar-refractivity contribution in [2.75, 3.05) is 26.2 Å². The van der Waals surface area contributed by atoms with Crippen LogP contribution in [0.4, 0.5) is 0 Å². The third-order valence-corrected chi connectivity index (χ3v) is 3.78. The van der Waals surface area contributed by atoms with Gasteiger partial charge in [0.2, 0.25) is 0 Å². The Labute approximate surface area is 101 Å². The molecule has 1 aliphatic rings. The Morgan fingerprint density at radius 2 is 2.31 bits per heavy atom. The molecule has 0 unspecified atom stereocenters. The SMILES string of the molecule is NC1CCN(CCNCc2nccs2)CC1. The van der Waals surface area contributed by atoms with Crippen molar-refractivity contribution in [3.05, 3.63) is 16.6 Å². The van der Waals surface area contributed by atoms with E-state index in [-0.39, 0.29) is 0 Å². The van der Waals surface area contributed by atoms with E-state index >= 15 is 0 Å². The molecule has 2 heterocycles. The highest BCUT2D eigenvalue weighted by molar-refractivity contribution is 7.09. The van der Waals surface area contributed by atoms with Crippen molar-refractivity contribution in [2.45, 2.75) is 25.4 Å². The van der Waals surface area contributed by atoms with Gasteiger partial charge >= 0.3 is 0 Å². The Morgan fingerprint density at radius 3 is 3.00 bits per heavy atom. The van der Waals surface area contributed by atoms with Crippen LogP contribution in [-0.4, -0.2) is 42.1 Å². The normalized spacial score (nSPS) is 19.1. The average molecular weight is 240 g/mol. The summed E-state index contributed by atoms with van der Waals surface area (Å²) >= 11 is 1.71. The molecule has 90 valence electrons. The molecule has 1 aromatic rings. The molecule has 3 N–H and O–H groups in total. The molecule has 16 heavy (non-hydrogen) atoms. The van der Waals surface area contributed by atoms with Crippen molar-refractivity contribution >= 4 is 11.3 Å². The summed E-state index contributed by atoms with van der Waals surface area (Å²) in [4.78, 5) is 6.72. The third kappa shape index (κ3) is 3.83. The molecule has 0 spiro atoms. The van der Waals surface area contributed by atoms with Gasteiger partial charge in [-0.25, -0.2) is 4.98 Å². The molecule has 0 aromatic carbocycles. The number of nitrogens with zero attached hydrogens (tertiary/aromatic N) is 2. The third-order valence-electron chi connectivity index (χ3n) is 3.00. The van der Waals surface area contributed by atoms with Gasteiger partial charge in [-0.1, -0.05) is 0 Å². The minimum absolute atomic E-state index is 0.430. The number of thiazole rings is 1. The number of hydrogen-bond acceptors (Lipinski definition) is 5. The maximum absolute atomic E-state index is 5.87. The molecule has 0 bridgehead atoms. The van der Waals surface area contributed by atoms with E-state index < -0.39 is 0 Å². The van der Waals surface area contributed by atoms with Crippen LogP contribution in [0.2, 0.25) is 0 Å². The molecule has 0 amide bonds. The lowest BCUT2D eigenvalue weighted by atomic mass is 10.1. The van der Waals surface area contributed by atoms with Gasteiger partial charge in [0.15, 0.2) is 0 Å². The topological polar surface area (TPSA) is 54.2 Å². The first-order chi connectivity index (χ1) is 7.84. The number of hydrogen-bond donors (Lipinski definition) is 2. The van der Waals surface area contributed by atoms with E-state index in [0.717, 1.165) is 45.6 Å². The first-order valence-corrected chi connectivity index (χ1v) is 6.79. The summed E-state index contributed by atoms with van der Waals surface area (Å²) in [5.41, 5.74) is 5.87. The lowest BCUT2D eigenvalue weighted by Crippen LogP contribution is -2.42. The van der Waals surface area contributed by atoms with Gasteiger partial charge in [-0.3, -0.25) is 0 Å². The number of rotatable bonds is 5. The van der Waals surface area contributed by atoms with Crippen LogP contribution >= 0.6 is 11.3 Å². The van der Waals surface area contributed by atoms with Crippen molar-refractivity contribution in [1.82, 2.24) is 15.2 Å². The fourth-order valence-electron chi connectivity index (χ4n) is 1.95. The maximum atomic E-state index is 5.87. The minimum atomic E-state index is 0.430. The average Bonchev–Trinajstić information content (AvgIpc) is 2.80. The minimum Gasteiger partial charge on any atom is -0.328 e. The van der Waals surface area contributed by atoms with Gasteiger partial charge in [-0.2, -0.15) is 0 Å². The van der Waals surface area contributed by atoms with Gasteiger partial charge in [0.25, 0.3) is 0 Å². The zero-order valence-corrected chi connectivity index (χ0v) is 10.4. The van der Waals surface area contributed by atoms with Gasteiger partial charge in [-0.15, -0.1) is 11.3 Å². The Balaban J connectivity index is 1.55. The number of nitrogens with two attached hydrogens (primary N) is 1. The summed E-state index contributed by atoms with van der Waals surface area (Å²) in [6.07, 6.45) is 4.15. The monoisotopic (exact) mass is 240 g/mol. The molecule has 1 aliphatic heterocycles. The van der Waals surface area contributed by atoms with Crippen LogP contribution in [0.15, 0.2) is 11.6 Å². The Bertz CT molecular complexity index is 280. The van der Waals surface area contributed by atoms with E-state index in [1.807, 2.05) is 11.6 Å². The fourth-order valence-corrected chi connectivity index (χ4v) is 2.54. The largest absolute Gasteiger partial charge is 0.328 e. The lowest BCUT2D eigenvalue weighted by Gasteiger charge is -2.29. The maximum Gasteiger partial charge on any atom is 0.106 e. The van der Waals surface area contributed by atoms with Crippen LogP contribution in [-0.2, 0) is 6.54 Å². The zero-order chi connectivity index (χ0) is 11.2. The quantitative estimate of drug-likeness (QED) is 0.742. The summed E-state index contributed by atoms with van der Waals surface area (Å²) in [5, 5.41) is 6.61. The highest BCUT2D eigenvalue weighted by atomic mass is 32.1. The van der Waals surface area contributed by atoms with Crippen LogP contribution in [0.5, 0.6) is 0 Å². The van der Waals surface area contributed by atoms with Gasteiger partial charge in [-0.05, 0) is 25.9 Å². The van der Waals surface area contributed by atoms with E-state index in [4.69, 9.17) is 5.73 Å². The van der Waals surface area contributed by atoms with Crippen molar-refractivity contribution in [3.63, 3.8) is 0 Å². The molecule has 5 heteroatoms. The van der Waals surface area contributed by atoms with Crippen molar-refractivity contribution < 1.29 is 0 Å². The number of nitrogens with one attached hydrogen (secondary N) is 1. The molecular weight excluding hydrogens is 220 g/mol. The van der Waals surface area contributed by atoms with Gasteiger partial charge < -0.3 is 16.0 Å². The van der Waals surface area contributed by atoms with E-state index in [1.54, 1.807) is 11.3 Å². The molecule has 0 radical (unpaired) electrons. The van der Waals surface area contributed by atoms with Crippen LogP contribution < -0.4 is 11.1 Å². The van der Waals surface area contributed by atoms with Crippen molar-refractivity contribution in [2.24, 2.45) is 5.73 Å². The first kappa shape index (κ1) is 12.0. The first-order valence-electron chi connectivity index (χ1n) is 5.91. The van der Waals surface area contributed by atoms with Crippen LogP contribution in [0, 0.1) is 0 Å². The summed E-state index contributed by atoms with van der Waals surface area (Å²) in [5.74, 6) is 0. The van der Waals surface area contributed by atoms with E-state index in [1.165, 1.54) is 5.01 Å². The number of aromatic nitrogens is 1. The highest BCUT2D eigenvalue weighted by Gasteiger charge is 2.14. The van der Waals surface area contributed by atoms with Gasteiger partial charge in [0.1, 0.15) is 5.01 Å². The Kier molecular flexibility index (Phi) is 4.71. The second-order valence-electron chi connectivity index (χ2n) is 4.28. The zero-order valence-electron chi connectivity index (χ0n) is 9.56. The molecule has 1 saturated heterocycles. The second-order valence-corrected chi connectivity index (χ2v) is 5.26. The molecule has 2 rings (SSSR count). The fraction of sp³-hybridized carbons (Fsp3) is 0.727. The van der Waals surface area contributed by atoms with E-state index in [9.17, 15) is 0 Å². The Hall–Kier alpha value is -0.490. The van der Waals surface area contributed by atoms with Crippen molar-refractivity contribution in [1.29, 1.82) is 0 Å². The summed E-state index contributed by atoms with van der Waals surface area (Å²) < 4.78 is 0. The number of piperidine rings is 1. The van der Waals surface area contributed by atoms with E-state index in [2.05, 4.69) is 15.2 Å². The summed E-state index contributed by atoms with van der Waals surface area (Å²) in [6, 6.07) is 0.430. The number of likely N-dealkylation sites (tertiary alicyclic amines) is 1. The smallest absolute Gasteiger partial charge is 0.106 e. The highest BCUT2D eigenvalue weighted by Crippen LogP contribution is 2.07. The molecular formula is C11H20N4S. The van der Waals surface area contributed by atoms with Crippen LogP contribution in [0.3, 0.4) is 0 Å². The molecule has 1 aromatic heterocycles. The standard InChI is InChI=1S/C11H20N4S/c12-10-1-5-15(6-2-10)7-3-13-9-11-14-4-8-16-11/h4,8,10,13H,1-3,5-7,9,12H2. The molecule has 1 fully saturated rings. The Morgan fingerprint density at radius 1 is 1.50 bits per heavy atom. The van der Waals surface area contributed by atoms with Crippen molar-refractivity contribution in [3.8, 4) is 0 Å². The predicted molar refractivity (Wildman–Crippen MR) is 67.5 cm³/mol. The molecule has 0 aliphatic carbocycles. The second kappa shape index (κ2) is 6.30. The molecule has 0 saturated carbocycles. The summed E-state index contributed by atoms with van der Waals surface area (Å²) in [7, 11) is 0. The van der Waals surface area contributed by atoms with Crippen LogP contribution in [0.1, 0.15) is 17.8 Å². The molecule has 0 atom stereocenters. The van der Waals surface area contributed by atoms with Gasteiger partial charge in [0.05, 0.1) is 0 Å². The summed E-state index contributed by atoms with van der Waals surface area (Å²) in [6.45, 7) is 5.36. The lowest BCUT2D eigenvalue weighted by molar-refractivity contribution is 0.213. The molecule has 4 nitrogen and oxygen atoms in total. The van der Waals surface area contributed by atoms with Crippen LogP contribution in [0.25, 0.3) is 0 Å².